The van der Waals surface area contributed by atoms with E-state index in [2.05, 4.69) is 24.1 Å². The van der Waals surface area contributed by atoms with Gasteiger partial charge in [-0.2, -0.15) is 0 Å². The number of amides is 1. The van der Waals surface area contributed by atoms with Crippen LogP contribution < -0.4 is 15.0 Å². The second-order valence-electron chi connectivity index (χ2n) is 11.3. The average Bonchev–Trinajstić information content (AvgIpc) is 3.72. The van der Waals surface area contributed by atoms with Gasteiger partial charge in [0.15, 0.2) is 0 Å². The highest BCUT2D eigenvalue weighted by Gasteiger charge is 2.45. The maximum atomic E-state index is 13.8. The summed E-state index contributed by atoms with van der Waals surface area (Å²) in [6.45, 7) is 13.1. The third-order valence-corrected chi connectivity index (χ3v) is 7.69. The van der Waals surface area contributed by atoms with E-state index >= 15 is 0 Å². The van der Waals surface area contributed by atoms with Crippen LogP contribution >= 0.6 is 0 Å². The molecule has 8 nitrogen and oxygen atoms in total. The molecule has 3 rings (SSSR count). The molecule has 1 aliphatic heterocycles. The van der Waals surface area contributed by atoms with Crippen molar-refractivity contribution < 1.29 is 24.2 Å². The van der Waals surface area contributed by atoms with Gasteiger partial charge in [0.05, 0.1) is 24.5 Å². The third-order valence-electron chi connectivity index (χ3n) is 7.69. The molecule has 2 aliphatic rings. The van der Waals surface area contributed by atoms with Crippen molar-refractivity contribution >= 4 is 17.5 Å². The van der Waals surface area contributed by atoms with Crippen LogP contribution in [-0.2, 0) is 20.7 Å². The Morgan fingerprint density at radius 3 is 2.53 bits per heavy atom. The van der Waals surface area contributed by atoms with Crippen LogP contribution in [0.2, 0.25) is 0 Å². The smallest absolute Gasteiger partial charge is 0.235 e. The predicted octanol–water partition coefficient (Wildman–Crippen LogP) is 4.17. The first kappa shape index (κ1) is 30.5. The number of ketones is 1. The van der Waals surface area contributed by atoms with Gasteiger partial charge in [-0.05, 0) is 64.2 Å². The van der Waals surface area contributed by atoms with Gasteiger partial charge in [-0.15, -0.1) is 0 Å². The molecule has 1 saturated carbocycles. The number of anilines is 1. The number of aliphatic hydroxyl groups is 1. The Balaban J connectivity index is 1.65. The lowest BCUT2D eigenvalue weighted by atomic mass is 9.81. The van der Waals surface area contributed by atoms with E-state index in [1.807, 2.05) is 26.8 Å². The number of carbonyl (C=O) groups is 2. The number of carbonyl (C=O) groups excluding carboxylic acids is 2. The number of hydrogen-bond donors (Lipinski definition) is 2. The number of ether oxygens (including phenoxy) is 2. The highest BCUT2D eigenvalue weighted by atomic mass is 16.5. The van der Waals surface area contributed by atoms with Crippen molar-refractivity contribution in [3.63, 3.8) is 0 Å². The highest BCUT2D eigenvalue weighted by Crippen LogP contribution is 2.36. The summed E-state index contributed by atoms with van der Waals surface area (Å²) in [5, 5.41) is 14.5. The van der Waals surface area contributed by atoms with E-state index in [1.165, 1.54) is 0 Å². The van der Waals surface area contributed by atoms with Crippen LogP contribution in [0.4, 0.5) is 5.82 Å². The summed E-state index contributed by atoms with van der Waals surface area (Å²) in [5.41, 5.74) is 1.00. The summed E-state index contributed by atoms with van der Waals surface area (Å²) in [4.78, 5) is 33.3. The quantitative estimate of drug-likeness (QED) is 0.330. The fourth-order valence-corrected chi connectivity index (χ4v) is 5.56. The predicted molar refractivity (Wildman–Crippen MR) is 149 cm³/mol. The van der Waals surface area contributed by atoms with Crippen LogP contribution in [0.5, 0.6) is 5.75 Å². The first-order valence-electron chi connectivity index (χ1n) is 14.7. The normalized spacial score (nSPS) is 22.3. The average molecular weight is 532 g/mol. The number of rotatable bonds is 16. The molecule has 2 heterocycles. The van der Waals surface area contributed by atoms with E-state index in [-0.39, 0.29) is 17.7 Å². The lowest BCUT2D eigenvalue weighted by Gasteiger charge is -2.36. The first-order chi connectivity index (χ1) is 18.3. The van der Waals surface area contributed by atoms with E-state index in [1.54, 1.807) is 11.1 Å². The van der Waals surface area contributed by atoms with E-state index < -0.39 is 17.9 Å². The number of pyridine rings is 1. The van der Waals surface area contributed by atoms with E-state index in [0.717, 1.165) is 56.4 Å². The van der Waals surface area contributed by atoms with Gasteiger partial charge in [-0.25, -0.2) is 4.98 Å². The highest BCUT2D eigenvalue weighted by molar-refractivity contribution is 5.96. The van der Waals surface area contributed by atoms with Crippen LogP contribution in [0.3, 0.4) is 0 Å². The molecule has 1 aromatic heterocycles. The molecule has 8 heteroatoms. The molecule has 0 bridgehead atoms. The molecule has 2 fully saturated rings. The molecule has 2 N–H and O–H groups in total. The number of nitrogens with one attached hydrogen (secondary N) is 1. The summed E-state index contributed by atoms with van der Waals surface area (Å²) >= 11 is 0. The zero-order valence-corrected chi connectivity index (χ0v) is 24.1. The lowest BCUT2D eigenvalue weighted by molar-refractivity contribution is -0.135. The molecule has 1 saturated heterocycles. The van der Waals surface area contributed by atoms with E-state index in [0.29, 0.717) is 50.4 Å². The van der Waals surface area contributed by atoms with Crippen molar-refractivity contribution in [3.05, 3.63) is 17.8 Å². The lowest BCUT2D eigenvalue weighted by Crippen LogP contribution is -2.56. The topological polar surface area (TPSA) is 101 Å². The number of aromatic nitrogens is 1. The van der Waals surface area contributed by atoms with Gasteiger partial charge in [0.1, 0.15) is 17.4 Å². The van der Waals surface area contributed by atoms with Gasteiger partial charge in [-0.3, -0.25) is 14.5 Å². The maximum Gasteiger partial charge on any atom is 0.235 e. The van der Waals surface area contributed by atoms with Crippen molar-refractivity contribution in [2.75, 3.05) is 37.8 Å². The molecule has 38 heavy (non-hydrogen) atoms. The second-order valence-corrected chi connectivity index (χ2v) is 11.3. The van der Waals surface area contributed by atoms with Crippen molar-refractivity contribution in [1.29, 1.82) is 0 Å². The number of Topliss-reactive ketones (excluding diaryl/α,β-unsaturated/α-hetero) is 1. The fourth-order valence-electron chi connectivity index (χ4n) is 5.56. The number of aliphatic hydroxyl groups excluding tert-OH is 1. The van der Waals surface area contributed by atoms with Gasteiger partial charge < -0.3 is 19.9 Å². The summed E-state index contributed by atoms with van der Waals surface area (Å²) in [5.74, 6) is 0.919. The molecular weight excluding hydrogens is 482 g/mol. The molecule has 1 aliphatic carbocycles. The Kier molecular flexibility index (Phi) is 12.0. The second kappa shape index (κ2) is 14.9. The zero-order chi connectivity index (χ0) is 27.7. The van der Waals surface area contributed by atoms with Crippen LogP contribution in [0.15, 0.2) is 12.3 Å². The number of aryl methyl sites for hydroxylation is 1. The molecule has 0 spiro atoms. The van der Waals surface area contributed by atoms with Gasteiger partial charge >= 0.3 is 0 Å². The Labute approximate surface area is 228 Å². The Morgan fingerprint density at radius 2 is 1.89 bits per heavy atom. The van der Waals surface area contributed by atoms with Crippen molar-refractivity contribution in [2.45, 2.75) is 91.7 Å². The standard InChI is InChI=1S/C30H49N3O5/c1-6-22-16-32-28(15-27(22)38-8-3)33(23-12-13-23)30(36)25-18-31-17-24(29(25)35)26(34)11-9-10-21(14-20(4)5)19-37-7-2/h15-16,20-21,23-25,29,31,35H,6-14,17-19H2,1-5H3/t21-,24+,25+,29-/m1/s1. The summed E-state index contributed by atoms with van der Waals surface area (Å²) in [6, 6.07) is 1.92. The minimum atomic E-state index is -1.01. The molecule has 1 amide bonds. The van der Waals surface area contributed by atoms with Crippen LogP contribution in [0.25, 0.3) is 0 Å². The van der Waals surface area contributed by atoms with Crippen LogP contribution in [-0.4, -0.2) is 66.8 Å². The molecule has 4 atom stereocenters. The maximum absolute atomic E-state index is 13.8. The monoisotopic (exact) mass is 531 g/mol. The third kappa shape index (κ3) is 8.23. The molecule has 0 radical (unpaired) electrons. The number of nitrogens with zero attached hydrogens (tertiary/aromatic N) is 2. The number of hydrogen-bond acceptors (Lipinski definition) is 7. The Morgan fingerprint density at radius 1 is 1.16 bits per heavy atom. The molecule has 0 aromatic carbocycles. The molecule has 1 aromatic rings. The van der Waals surface area contributed by atoms with Gasteiger partial charge in [0, 0.05) is 56.6 Å². The molecular formula is C30H49N3O5. The fraction of sp³-hybridized carbons (Fsp3) is 0.767. The van der Waals surface area contributed by atoms with Gasteiger partial charge in [0.2, 0.25) is 5.91 Å². The first-order valence-corrected chi connectivity index (χ1v) is 14.7. The zero-order valence-electron chi connectivity index (χ0n) is 24.1. The van der Waals surface area contributed by atoms with E-state index in [9.17, 15) is 14.7 Å². The van der Waals surface area contributed by atoms with Crippen molar-refractivity contribution in [3.8, 4) is 5.75 Å². The minimum absolute atomic E-state index is 0.0317. The van der Waals surface area contributed by atoms with Gasteiger partial charge in [0.25, 0.3) is 0 Å². The van der Waals surface area contributed by atoms with Crippen LogP contribution in [0, 0.1) is 23.7 Å². The number of piperidine rings is 1. The minimum Gasteiger partial charge on any atom is -0.493 e. The molecule has 0 unspecified atom stereocenters. The molecule has 214 valence electrons. The largest absolute Gasteiger partial charge is 0.493 e. The van der Waals surface area contributed by atoms with Crippen LogP contribution in [0.1, 0.15) is 78.7 Å². The van der Waals surface area contributed by atoms with Gasteiger partial charge in [-0.1, -0.05) is 20.8 Å². The van der Waals surface area contributed by atoms with Crippen molar-refractivity contribution in [2.24, 2.45) is 23.7 Å². The SMILES string of the molecule is CCOC[C@H](CCCC(=O)[C@@H]1CNC[C@H](C(=O)N(c2cc(OCC)c(CC)cn2)C2CC2)[C@@H]1O)CC(C)C. The summed E-state index contributed by atoms with van der Waals surface area (Å²) in [7, 11) is 0. The summed E-state index contributed by atoms with van der Waals surface area (Å²) < 4.78 is 11.5. The summed E-state index contributed by atoms with van der Waals surface area (Å²) in [6.07, 6.45) is 6.57. The Bertz CT molecular complexity index is 904. The van der Waals surface area contributed by atoms with E-state index in [4.69, 9.17) is 9.47 Å². The Hall–Kier alpha value is -2.03. The van der Waals surface area contributed by atoms with Crippen molar-refractivity contribution in [1.82, 2.24) is 10.3 Å².